The van der Waals surface area contributed by atoms with Crippen LogP contribution in [0.2, 0.25) is 0 Å². The Morgan fingerprint density at radius 3 is 2.97 bits per heavy atom. The zero-order valence-corrected chi connectivity index (χ0v) is 20.5. The molecule has 2 aromatic heterocycles. The second kappa shape index (κ2) is 10.9. The van der Waals surface area contributed by atoms with E-state index in [4.69, 9.17) is 4.74 Å². The number of amides is 1. The van der Waals surface area contributed by atoms with Gasteiger partial charge in [0.05, 0.1) is 18.3 Å². The quantitative estimate of drug-likeness (QED) is 0.466. The third-order valence-electron chi connectivity index (χ3n) is 5.94. The van der Waals surface area contributed by atoms with E-state index in [0.717, 1.165) is 42.3 Å². The molecule has 2 unspecified atom stereocenters. The molecule has 0 spiro atoms. The molecule has 1 amide bonds. The van der Waals surface area contributed by atoms with Gasteiger partial charge in [-0.2, -0.15) is 5.26 Å². The minimum Gasteiger partial charge on any atom is -0.383 e. The normalized spacial score (nSPS) is 18.4. The van der Waals surface area contributed by atoms with Crippen molar-refractivity contribution >= 4 is 28.5 Å². The summed E-state index contributed by atoms with van der Waals surface area (Å²) >= 11 is 1.40. The van der Waals surface area contributed by atoms with Gasteiger partial charge < -0.3 is 9.30 Å². The predicted octanol–water partition coefficient (Wildman–Crippen LogP) is 4.55. The minimum atomic E-state index is -0.435. The van der Waals surface area contributed by atoms with Crippen LogP contribution in [0.4, 0.5) is 5.13 Å². The largest absolute Gasteiger partial charge is 0.383 e. The predicted molar refractivity (Wildman–Crippen MR) is 129 cm³/mol. The highest BCUT2D eigenvalue weighted by molar-refractivity contribution is 7.14. The molecule has 1 saturated heterocycles. The molecule has 0 radical (unpaired) electrons. The van der Waals surface area contributed by atoms with Crippen molar-refractivity contribution in [3.63, 3.8) is 0 Å². The van der Waals surface area contributed by atoms with E-state index in [1.807, 2.05) is 31.4 Å². The summed E-state index contributed by atoms with van der Waals surface area (Å²) in [7, 11) is 1.68. The zero-order valence-electron chi connectivity index (χ0n) is 19.6. The lowest BCUT2D eigenvalue weighted by molar-refractivity contribution is -0.112. The van der Waals surface area contributed by atoms with Gasteiger partial charge in [-0.3, -0.25) is 15.0 Å². The van der Waals surface area contributed by atoms with E-state index in [2.05, 4.69) is 33.6 Å². The molecule has 2 aromatic rings. The Hall–Kier alpha value is -2.47. The molecular weight excluding hydrogens is 422 g/mol. The number of hydrogen-bond donors (Lipinski definition) is 1. The third kappa shape index (κ3) is 5.85. The molecule has 7 nitrogen and oxygen atoms in total. The summed E-state index contributed by atoms with van der Waals surface area (Å²) in [5.41, 5.74) is 3.94. The van der Waals surface area contributed by atoms with Gasteiger partial charge in [0, 0.05) is 37.0 Å². The van der Waals surface area contributed by atoms with E-state index in [1.165, 1.54) is 24.2 Å². The average Bonchev–Trinajstić information content (AvgIpc) is 3.29. The Morgan fingerprint density at radius 1 is 1.50 bits per heavy atom. The first-order valence-corrected chi connectivity index (χ1v) is 12.0. The van der Waals surface area contributed by atoms with Gasteiger partial charge in [0.2, 0.25) is 0 Å². The van der Waals surface area contributed by atoms with Gasteiger partial charge in [-0.05, 0) is 63.8 Å². The van der Waals surface area contributed by atoms with E-state index in [0.29, 0.717) is 17.7 Å². The molecule has 0 bridgehead atoms. The van der Waals surface area contributed by atoms with Crippen LogP contribution in [0.15, 0.2) is 17.0 Å². The van der Waals surface area contributed by atoms with Crippen molar-refractivity contribution in [2.45, 2.75) is 53.1 Å². The molecule has 2 atom stereocenters. The van der Waals surface area contributed by atoms with E-state index >= 15 is 0 Å². The molecule has 1 fully saturated rings. The fourth-order valence-electron chi connectivity index (χ4n) is 4.51. The summed E-state index contributed by atoms with van der Waals surface area (Å²) < 4.78 is 7.44. The highest BCUT2D eigenvalue weighted by atomic mass is 32.1. The molecule has 1 N–H and O–H groups in total. The Bertz CT molecular complexity index is 1020. The lowest BCUT2D eigenvalue weighted by atomic mass is 10.0. The number of rotatable bonds is 8. The number of ether oxygens (including phenoxy) is 1. The lowest BCUT2D eigenvalue weighted by Crippen LogP contribution is -2.33. The monoisotopic (exact) mass is 455 g/mol. The van der Waals surface area contributed by atoms with Crippen LogP contribution in [0.3, 0.4) is 0 Å². The number of aryl methyl sites for hydroxylation is 1. The highest BCUT2D eigenvalue weighted by Gasteiger charge is 2.19. The maximum absolute atomic E-state index is 12.8. The van der Waals surface area contributed by atoms with Crippen molar-refractivity contribution in [3.8, 4) is 6.07 Å². The summed E-state index contributed by atoms with van der Waals surface area (Å²) in [6.07, 6.45) is 4.15. The fourth-order valence-corrected chi connectivity index (χ4v) is 5.20. The third-order valence-corrected chi connectivity index (χ3v) is 6.74. The molecule has 1 aliphatic rings. The van der Waals surface area contributed by atoms with Crippen LogP contribution in [0.25, 0.3) is 6.08 Å². The second-order valence-corrected chi connectivity index (χ2v) is 9.61. The number of likely N-dealkylation sites (tertiary alicyclic amines) is 1. The number of anilines is 1. The van der Waals surface area contributed by atoms with Crippen molar-refractivity contribution < 1.29 is 9.53 Å². The minimum absolute atomic E-state index is 0.0613. The van der Waals surface area contributed by atoms with Gasteiger partial charge in [0.25, 0.3) is 5.91 Å². The maximum Gasteiger partial charge on any atom is 0.268 e. The first-order valence-electron chi connectivity index (χ1n) is 11.1. The van der Waals surface area contributed by atoms with E-state index in [-0.39, 0.29) is 11.6 Å². The van der Waals surface area contributed by atoms with Crippen LogP contribution in [0.1, 0.15) is 55.4 Å². The van der Waals surface area contributed by atoms with Crippen LogP contribution >= 0.6 is 11.3 Å². The van der Waals surface area contributed by atoms with Crippen LogP contribution in [-0.2, 0) is 16.1 Å². The molecule has 3 heterocycles. The van der Waals surface area contributed by atoms with E-state index in [1.54, 1.807) is 13.2 Å². The maximum atomic E-state index is 12.8. The van der Waals surface area contributed by atoms with E-state index < -0.39 is 5.91 Å². The van der Waals surface area contributed by atoms with Crippen molar-refractivity contribution in [3.05, 3.63) is 39.7 Å². The number of nitriles is 1. The van der Waals surface area contributed by atoms with Crippen LogP contribution in [0.5, 0.6) is 0 Å². The zero-order chi connectivity index (χ0) is 23.3. The summed E-state index contributed by atoms with van der Waals surface area (Å²) in [5, 5.41) is 14.9. The Kier molecular flexibility index (Phi) is 8.24. The number of piperidine rings is 1. The Morgan fingerprint density at radius 2 is 2.28 bits per heavy atom. The molecule has 172 valence electrons. The number of nitrogens with zero attached hydrogens (tertiary/aromatic N) is 4. The number of hydrogen-bond acceptors (Lipinski definition) is 6. The molecule has 1 aliphatic heterocycles. The Labute approximate surface area is 194 Å². The van der Waals surface area contributed by atoms with Crippen LogP contribution in [0, 0.1) is 31.1 Å². The molecule has 3 rings (SSSR count). The molecular formula is C24H33N5O2S. The van der Waals surface area contributed by atoms with Crippen molar-refractivity contribution in [1.29, 1.82) is 5.26 Å². The van der Waals surface area contributed by atoms with Gasteiger partial charge in [-0.25, -0.2) is 4.98 Å². The summed E-state index contributed by atoms with van der Waals surface area (Å²) in [6, 6.07) is 4.20. The number of aromatic nitrogens is 2. The molecule has 0 saturated carbocycles. The van der Waals surface area contributed by atoms with Crippen molar-refractivity contribution in [1.82, 2.24) is 14.5 Å². The molecule has 32 heavy (non-hydrogen) atoms. The summed E-state index contributed by atoms with van der Waals surface area (Å²) in [6.45, 7) is 11.9. The van der Waals surface area contributed by atoms with E-state index in [9.17, 15) is 10.1 Å². The molecule has 0 aromatic carbocycles. The van der Waals surface area contributed by atoms with Gasteiger partial charge in [0.1, 0.15) is 11.6 Å². The smallest absolute Gasteiger partial charge is 0.268 e. The highest BCUT2D eigenvalue weighted by Crippen LogP contribution is 2.24. The molecule has 0 aliphatic carbocycles. The Balaban J connectivity index is 1.69. The second-order valence-electron chi connectivity index (χ2n) is 8.75. The number of nitrogens with one attached hydrogen (secondary N) is 1. The summed E-state index contributed by atoms with van der Waals surface area (Å²) in [4.78, 5) is 19.7. The van der Waals surface area contributed by atoms with Crippen molar-refractivity contribution in [2.75, 3.05) is 32.1 Å². The number of carbonyl (C=O) groups excluding carboxylic acids is 1. The first-order chi connectivity index (χ1) is 15.3. The fraction of sp³-hybridized carbons (Fsp3) is 0.542. The lowest BCUT2D eigenvalue weighted by Gasteiger charge is -2.30. The number of methoxy groups -OCH3 is 1. The van der Waals surface area contributed by atoms with Crippen LogP contribution < -0.4 is 5.32 Å². The van der Waals surface area contributed by atoms with Gasteiger partial charge >= 0.3 is 0 Å². The van der Waals surface area contributed by atoms with Gasteiger partial charge in [-0.1, -0.05) is 6.92 Å². The SMILES string of the molecule is COCC(C)n1c(C)cc(/C=C(\C#N)C(=O)Nc2nc(CN3CCCC(C)C3)cs2)c1C. The topological polar surface area (TPSA) is 83.2 Å². The van der Waals surface area contributed by atoms with Gasteiger partial charge in [0.15, 0.2) is 5.13 Å². The number of carbonyl (C=O) groups is 1. The van der Waals surface area contributed by atoms with Gasteiger partial charge in [-0.15, -0.1) is 11.3 Å². The standard InChI is InChI=1S/C24H33N5O2S/c1-16-7-6-8-28(12-16)13-22-15-32-24(26-22)27-23(30)21(11-25)10-20-9-17(2)29(19(20)4)18(3)14-31-5/h9-10,15-16,18H,6-8,12-14H2,1-5H3,(H,26,27,30)/b21-10+. The number of thiazole rings is 1. The molecule has 8 heteroatoms. The average molecular weight is 456 g/mol. The van der Waals surface area contributed by atoms with Crippen molar-refractivity contribution in [2.24, 2.45) is 5.92 Å². The van der Waals surface area contributed by atoms with Crippen LogP contribution in [-0.4, -0.2) is 47.2 Å². The summed E-state index contributed by atoms with van der Waals surface area (Å²) in [5.74, 6) is 0.277. The first kappa shape index (κ1) is 24.2.